The zero-order valence-corrected chi connectivity index (χ0v) is 13.0. The first kappa shape index (κ1) is 14.4. The quantitative estimate of drug-likeness (QED) is 0.650. The minimum Gasteiger partial charge on any atom is -0.351 e. The first-order chi connectivity index (χ1) is 10.6. The molecule has 0 spiro atoms. The van der Waals surface area contributed by atoms with Crippen molar-refractivity contribution in [2.24, 2.45) is 5.92 Å². The van der Waals surface area contributed by atoms with E-state index in [4.69, 9.17) is 0 Å². The van der Waals surface area contributed by atoms with Gasteiger partial charge >= 0.3 is 0 Å². The lowest BCUT2D eigenvalue weighted by Gasteiger charge is -2.41. The molecule has 3 saturated heterocycles. The maximum Gasteiger partial charge on any atom is 0.123 e. The Morgan fingerprint density at radius 3 is 2.64 bits per heavy atom. The smallest absolute Gasteiger partial charge is 0.123 e. The Balaban J connectivity index is 1.65. The van der Waals surface area contributed by atoms with Crippen LogP contribution in [0.25, 0.3) is 0 Å². The summed E-state index contributed by atoms with van der Waals surface area (Å²) in [6.45, 7) is 5.43. The lowest BCUT2D eigenvalue weighted by atomic mass is 9.99. The van der Waals surface area contributed by atoms with Crippen molar-refractivity contribution in [3.63, 3.8) is 0 Å². The van der Waals surface area contributed by atoms with Crippen LogP contribution in [-0.4, -0.2) is 37.0 Å². The monoisotopic (exact) mass is 305 g/mol. The average molecular weight is 305 g/mol. The number of fused-ring (bicyclic) bond motifs is 2. The first-order valence-corrected chi connectivity index (χ1v) is 8.18. The summed E-state index contributed by atoms with van der Waals surface area (Å²) in [5.74, 6) is 0.366. The van der Waals surface area contributed by atoms with Gasteiger partial charge in [-0.2, -0.15) is 0 Å². The molecule has 3 aliphatic heterocycles. The Labute approximate surface area is 130 Å². The van der Waals surface area contributed by atoms with Crippen LogP contribution >= 0.6 is 0 Å². The van der Waals surface area contributed by atoms with E-state index in [1.54, 1.807) is 12.1 Å². The Kier molecular flexibility index (Phi) is 3.57. The predicted octanol–water partition coefficient (Wildman–Crippen LogP) is 0.750. The van der Waals surface area contributed by atoms with Crippen molar-refractivity contribution in [3.05, 3.63) is 30.1 Å². The second-order valence-corrected chi connectivity index (χ2v) is 6.92. The topological polar surface area (TPSA) is 51.4 Å². The van der Waals surface area contributed by atoms with Crippen molar-refractivity contribution >= 4 is 5.69 Å². The highest BCUT2D eigenvalue weighted by molar-refractivity contribution is 5.51. The van der Waals surface area contributed by atoms with Crippen LogP contribution in [0.5, 0.6) is 0 Å². The van der Waals surface area contributed by atoms with Gasteiger partial charge in [-0.15, -0.1) is 0 Å². The molecule has 4 rings (SSSR count). The van der Waals surface area contributed by atoms with Crippen molar-refractivity contribution in [2.45, 2.75) is 50.7 Å². The number of piperazine rings is 1. The molecule has 5 unspecified atom stereocenters. The van der Waals surface area contributed by atoms with Gasteiger partial charge in [0.05, 0.1) is 18.4 Å². The summed E-state index contributed by atoms with van der Waals surface area (Å²) < 4.78 is 13.3. The minimum atomic E-state index is -0.181. The Morgan fingerprint density at radius 1 is 1.14 bits per heavy atom. The molecule has 0 amide bonds. The van der Waals surface area contributed by atoms with E-state index in [2.05, 4.69) is 40.2 Å². The van der Waals surface area contributed by atoms with Crippen molar-refractivity contribution in [1.29, 1.82) is 0 Å². The average Bonchev–Trinajstić information content (AvgIpc) is 3.09. The lowest BCUT2D eigenvalue weighted by Crippen LogP contribution is -2.68. The number of benzene rings is 1. The first-order valence-electron chi connectivity index (χ1n) is 8.18. The molecule has 3 aliphatic rings. The second-order valence-electron chi connectivity index (χ2n) is 6.92. The van der Waals surface area contributed by atoms with E-state index in [1.807, 2.05) is 12.1 Å². The van der Waals surface area contributed by atoms with E-state index in [0.717, 1.165) is 18.7 Å². The fraction of sp³-hybridized carbons (Fsp3) is 0.625. The molecule has 0 saturated carbocycles. The van der Waals surface area contributed by atoms with Crippen LogP contribution in [0.15, 0.2) is 24.3 Å². The zero-order chi connectivity index (χ0) is 15.3. The third kappa shape index (κ3) is 2.31. The van der Waals surface area contributed by atoms with Crippen molar-refractivity contribution in [3.8, 4) is 0 Å². The molecule has 5 nitrogen and oxygen atoms in total. The predicted molar refractivity (Wildman–Crippen MR) is 84.7 cm³/mol. The Hall–Kier alpha value is -1.21. The van der Waals surface area contributed by atoms with E-state index in [9.17, 15) is 4.39 Å². The number of hydrogen-bond acceptors (Lipinski definition) is 5. The summed E-state index contributed by atoms with van der Waals surface area (Å²) in [4.78, 5) is 2.44. The molecule has 0 aliphatic carbocycles. The summed E-state index contributed by atoms with van der Waals surface area (Å²) in [5, 5.41) is 7.49. The second kappa shape index (κ2) is 5.45. The fourth-order valence-corrected chi connectivity index (χ4v) is 4.08. The zero-order valence-electron chi connectivity index (χ0n) is 13.0. The molecule has 22 heavy (non-hydrogen) atoms. The van der Waals surface area contributed by atoms with Gasteiger partial charge in [-0.3, -0.25) is 16.1 Å². The van der Waals surface area contributed by atoms with Crippen LogP contribution in [-0.2, 0) is 0 Å². The summed E-state index contributed by atoms with van der Waals surface area (Å²) in [6, 6.07) is 8.11. The van der Waals surface area contributed by atoms with Gasteiger partial charge in [0.25, 0.3) is 0 Å². The molecule has 3 heterocycles. The van der Waals surface area contributed by atoms with Gasteiger partial charge in [0, 0.05) is 24.3 Å². The molecule has 3 fully saturated rings. The highest BCUT2D eigenvalue weighted by atomic mass is 19.1. The van der Waals surface area contributed by atoms with E-state index in [1.165, 1.54) is 0 Å². The van der Waals surface area contributed by atoms with Crippen molar-refractivity contribution < 1.29 is 4.39 Å². The van der Waals surface area contributed by atoms with Gasteiger partial charge in [-0.1, -0.05) is 13.8 Å². The number of nitrogens with zero attached hydrogens (tertiary/aromatic N) is 1. The van der Waals surface area contributed by atoms with Gasteiger partial charge in [-0.05, 0) is 36.6 Å². The Morgan fingerprint density at radius 2 is 1.91 bits per heavy atom. The van der Waals surface area contributed by atoms with Crippen LogP contribution < -0.4 is 26.4 Å². The van der Waals surface area contributed by atoms with Crippen LogP contribution in [0.2, 0.25) is 0 Å². The van der Waals surface area contributed by atoms with E-state index >= 15 is 0 Å². The van der Waals surface area contributed by atoms with E-state index in [-0.39, 0.29) is 18.1 Å². The minimum absolute atomic E-state index is 0.181. The van der Waals surface area contributed by atoms with Crippen LogP contribution in [0.3, 0.4) is 0 Å². The van der Waals surface area contributed by atoms with Gasteiger partial charge < -0.3 is 4.90 Å². The van der Waals surface area contributed by atoms with Crippen LogP contribution in [0.1, 0.15) is 20.3 Å². The number of nitrogens with one attached hydrogen (secondary N) is 4. The number of rotatable bonds is 2. The van der Waals surface area contributed by atoms with Gasteiger partial charge in [0.2, 0.25) is 0 Å². The maximum atomic E-state index is 13.3. The molecular formula is C16H24FN5. The largest absolute Gasteiger partial charge is 0.351 e. The molecule has 5 atom stereocenters. The molecule has 6 heteroatoms. The summed E-state index contributed by atoms with van der Waals surface area (Å²) in [7, 11) is 0. The number of anilines is 1. The Bertz CT molecular complexity index is 534. The normalized spacial score (nSPS) is 37.5. The van der Waals surface area contributed by atoms with Crippen LogP contribution in [0, 0.1) is 11.7 Å². The molecular weight excluding hydrogens is 281 g/mol. The van der Waals surface area contributed by atoms with Gasteiger partial charge in [0.15, 0.2) is 0 Å². The third-order valence-electron chi connectivity index (χ3n) is 5.19. The van der Waals surface area contributed by atoms with Crippen LogP contribution in [0.4, 0.5) is 10.1 Å². The number of hydrazine groups is 1. The van der Waals surface area contributed by atoms with Gasteiger partial charge in [-0.25, -0.2) is 9.82 Å². The SMILES string of the molecule is CC(C)C1CC2NC3NNCC3NC2N1c1ccc(F)cc1. The fourth-order valence-electron chi connectivity index (χ4n) is 4.08. The lowest BCUT2D eigenvalue weighted by molar-refractivity contribution is 0.242. The molecule has 0 aromatic heterocycles. The number of halogens is 1. The van der Waals surface area contributed by atoms with Crippen molar-refractivity contribution in [2.75, 3.05) is 11.4 Å². The van der Waals surface area contributed by atoms with Crippen molar-refractivity contribution in [1.82, 2.24) is 21.5 Å². The maximum absolute atomic E-state index is 13.3. The highest BCUT2D eigenvalue weighted by Crippen LogP contribution is 2.35. The number of hydrogen-bond donors (Lipinski definition) is 4. The molecule has 120 valence electrons. The molecule has 4 N–H and O–H groups in total. The highest BCUT2D eigenvalue weighted by Gasteiger charge is 2.48. The van der Waals surface area contributed by atoms with Gasteiger partial charge in [0.1, 0.15) is 5.82 Å². The summed E-state index contributed by atoms with van der Waals surface area (Å²) >= 11 is 0. The molecule has 1 aromatic carbocycles. The molecule has 1 aromatic rings. The summed E-state index contributed by atoms with van der Waals surface area (Å²) in [5.41, 5.74) is 7.59. The molecule has 0 bridgehead atoms. The van der Waals surface area contributed by atoms with E-state index in [0.29, 0.717) is 24.0 Å². The standard InChI is InChI=1S/C16H24FN5/c1-9(2)14-7-12-16(20-13-8-18-21-15(13)19-12)22(14)11-5-3-10(17)4-6-11/h3-6,9,12-16,18-21H,7-8H2,1-2H3. The third-order valence-corrected chi connectivity index (χ3v) is 5.19. The summed E-state index contributed by atoms with van der Waals surface area (Å²) in [6.07, 6.45) is 1.63. The molecule has 0 radical (unpaired) electrons. The van der Waals surface area contributed by atoms with E-state index < -0.39 is 0 Å².